The summed E-state index contributed by atoms with van der Waals surface area (Å²) in [4.78, 5) is 12.3. The van der Waals surface area contributed by atoms with Crippen molar-refractivity contribution in [1.29, 1.82) is 0 Å². The lowest BCUT2D eigenvalue weighted by Gasteiger charge is -2.15. The number of halogens is 2. The number of hydrogen-bond donors (Lipinski definition) is 2. The molecule has 112 valence electrons. The van der Waals surface area contributed by atoms with E-state index in [1.165, 1.54) is 12.1 Å². The lowest BCUT2D eigenvalue weighted by molar-refractivity contribution is -0.119. The molecule has 0 radical (unpaired) electrons. The van der Waals surface area contributed by atoms with E-state index in [1.807, 2.05) is 13.8 Å². The summed E-state index contributed by atoms with van der Waals surface area (Å²) in [6.07, 6.45) is 0. The van der Waals surface area contributed by atoms with E-state index in [4.69, 9.17) is 11.6 Å². The third-order valence-corrected chi connectivity index (χ3v) is 4.58. The summed E-state index contributed by atoms with van der Waals surface area (Å²) in [5.41, 5.74) is 1.96. The molecule has 2 rings (SSSR count). The first-order chi connectivity index (χ1) is 9.81. The molecule has 1 unspecified atom stereocenters. The highest BCUT2D eigenvalue weighted by molar-refractivity contribution is 9.10. The summed E-state index contributed by atoms with van der Waals surface area (Å²) < 4.78 is 2.52. The average molecular weight is 373 g/mol. The minimum atomic E-state index is -0.520. The van der Waals surface area contributed by atoms with Crippen molar-refractivity contribution in [3.8, 4) is 5.75 Å². The Labute approximate surface area is 136 Å². The van der Waals surface area contributed by atoms with Gasteiger partial charge in [-0.05, 0) is 54.9 Å². The van der Waals surface area contributed by atoms with Gasteiger partial charge in [-0.2, -0.15) is 5.10 Å². The molecule has 2 aromatic rings. The van der Waals surface area contributed by atoms with Gasteiger partial charge in [-0.3, -0.25) is 9.48 Å². The zero-order valence-corrected chi connectivity index (χ0v) is 14.2. The molecule has 0 saturated heterocycles. The van der Waals surface area contributed by atoms with Gasteiger partial charge in [0.1, 0.15) is 11.8 Å². The predicted octanol–water partition coefficient (Wildman–Crippen LogP) is 3.82. The van der Waals surface area contributed by atoms with E-state index in [1.54, 1.807) is 17.7 Å². The summed E-state index contributed by atoms with van der Waals surface area (Å²) in [6, 6.07) is 3.96. The van der Waals surface area contributed by atoms with E-state index in [0.717, 1.165) is 15.9 Å². The normalized spacial score (nSPS) is 12.2. The summed E-state index contributed by atoms with van der Waals surface area (Å²) >= 11 is 9.29. The van der Waals surface area contributed by atoms with Crippen molar-refractivity contribution in [2.24, 2.45) is 0 Å². The van der Waals surface area contributed by atoms with E-state index in [0.29, 0.717) is 5.02 Å². The quantitative estimate of drug-likeness (QED) is 0.805. The molecule has 21 heavy (non-hydrogen) atoms. The fourth-order valence-electron chi connectivity index (χ4n) is 1.98. The largest absolute Gasteiger partial charge is 0.506 e. The van der Waals surface area contributed by atoms with Crippen LogP contribution in [0.4, 0.5) is 5.69 Å². The molecule has 1 atom stereocenters. The SMILES string of the molecule is Cc1nn(C(C)C(=O)Nc2cc(Cl)ccc2O)c(C)c1Br. The molecule has 0 fully saturated rings. The lowest BCUT2D eigenvalue weighted by Crippen LogP contribution is -2.25. The van der Waals surface area contributed by atoms with Crippen LogP contribution in [0.25, 0.3) is 0 Å². The van der Waals surface area contributed by atoms with Crippen LogP contribution < -0.4 is 5.32 Å². The first-order valence-electron chi connectivity index (χ1n) is 6.32. The van der Waals surface area contributed by atoms with Crippen molar-refractivity contribution in [1.82, 2.24) is 9.78 Å². The Morgan fingerprint density at radius 1 is 1.48 bits per heavy atom. The number of anilines is 1. The summed E-state index contributed by atoms with van der Waals surface area (Å²) in [5, 5.41) is 17.2. The van der Waals surface area contributed by atoms with E-state index in [9.17, 15) is 9.90 Å². The van der Waals surface area contributed by atoms with Crippen LogP contribution in [0, 0.1) is 13.8 Å². The molecule has 7 heteroatoms. The number of aromatic nitrogens is 2. The number of aromatic hydroxyl groups is 1. The molecule has 0 aliphatic rings. The van der Waals surface area contributed by atoms with Crippen LogP contribution in [0.5, 0.6) is 5.75 Å². The number of aryl methyl sites for hydroxylation is 1. The Morgan fingerprint density at radius 2 is 2.14 bits per heavy atom. The predicted molar refractivity (Wildman–Crippen MR) is 85.9 cm³/mol. The minimum absolute atomic E-state index is 0.0329. The average Bonchev–Trinajstić information content (AvgIpc) is 2.69. The van der Waals surface area contributed by atoms with Crippen LogP contribution in [0.2, 0.25) is 5.02 Å². The number of carbonyl (C=O) groups is 1. The maximum Gasteiger partial charge on any atom is 0.249 e. The topological polar surface area (TPSA) is 67.2 Å². The van der Waals surface area contributed by atoms with Crippen molar-refractivity contribution in [3.05, 3.63) is 39.1 Å². The molecule has 0 saturated carbocycles. The van der Waals surface area contributed by atoms with Crippen LogP contribution in [-0.4, -0.2) is 20.8 Å². The van der Waals surface area contributed by atoms with Gasteiger partial charge in [0.05, 0.1) is 21.5 Å². The zero-order chi connectivity index (χ0) is 15.7. The van der Waals surface area contributed by atoms with Crippen molar-refractivity contribution in [3.63, 3.8) is 0 Å². The highest BCUT2D eigenvalue weighted by atomic mass is 79.9. The van der Waals surface area contributed by atoms with E-state index in [-0.39, 0.29) is 17.3 Å². The molecule has 2 N–H and O–H groups in total. The summed E-state index contributed by atoms with van der Waals surface area (Å²) in [5.74, 6) is -0.319. The van der Waals surface area contributed by atoms with Gasteiger partial charge in [0.25, 0.3) is 0 Å². The van der Waals surface area contributed by atoms with Crippen molar-refractivity contribution in [2.75, 3.05) is 5.32 Å². The Bertz CT molecular complexity index is 700. The Hall–Kier alpha value is -1.53. The number of nitrogens with one attached hydrogen (secondary N) is 1. The Morgan fingerprint density at radius 3 is 2.71 bits per heavy atom. The van der Waals surface area contributed by atoms with Crippen LogP contribution in [0.3, 0.4) is 0 Å². The maximum atomic E-state index is 12.3. The van der Waals surface area contributed by atoms with E-state index in [2.05, 4.69) is 26.3 Å². The molecule has 0 bridgehead atoms. The number of phenols is 1. The first-order valence-corrected chi connectivity index (χ1v) is 7.49. The number of hydrogen-bond acceptors (Lipinski definition) is 3. The van der Waals surface area contributed by atoms with Gasteiger partial charge in [-0.15, -0.1) is 0 Å². The minimum Gasteiger partial charge on any atom is -0.506 e. The molecular formula is C14H15BrClN3O2. The van der Waals surface area contributed by atoms with Gasteiger partial charge in [0.2, 0.25) is 5.91 Å². The second-order valence-electron chi connectivity index (χ2n) is 4.76. The van der Waals surface area contributed by atoms with Crippen molar-refractivity contribution in [2.45, 2.75) is 26.8 Å². The number of nitrogens with zero attached hydrogens (tertiary/aromatic N) is 2. The monoisotopic (exact) mass is 371 g/mol. The third-order valence-electron chi connectivity index (χ3n) is 3.20. The van der Waals surface area contributed by atoms with Crippen LogP contribution >= 0.6 is 27.5 Å². The van der Waals surface area contributed by atoms with Crippen LogP contribution in [-0.2, 0) is 4.79 Å². The highest BCUT2D eigenvalue weighted by Crippen LogP contribution is 2.28. The fraction of sp³-hybridized carbons (Fsp3) is 0.286. The Kier molecular flexibility index (Phi) is 4.58. The van der Waals surface area contributed by atoms with E-state index >= 15 is 0 Å². The van der Waals surface area contributed by atoms with E-state index < -0.39 is 6.04 Å². The molecule has 1 aromatic heterocycles. The summed E-state index contributed by atoms with van der Waals surface area (Å²) in [7, 11) is 0. The molecule has 1 aromatic carbocycles. The van der Waals surface area contributed by atoms with Gasteiger partial charge in [-0.1, -0.05) is 11.6 Å². The molecule has 5 nitrogen and oxygen atoms in total. The van der Waals surface area contributed by atoms with Gasteiger partial charge in [-0.25, -0.2) is 0 Å². The van der Waals surface area contributed by atoms with Crippen molar-refractivity contribution < 1.29 is 9.90 Å². The third kappa shape index (κ3) is 3.22. The van der Waals surface area contributed by atoms with Crippen LogP contribution in [0.1, 0.15) is 24.4 Å². The summed E-state index contributed by atoms with van der Waals surface area (Å²) in [6.45, 7) is 5.48. The number of phenolic OH excluding ortho intramolecular Hbond substituents is 1. The van der Waals surface area contributed by atoms with Gasteiger partial charge in [0, 0.05) is 5.02 Å². The zero-order valence-electron chi connectivity index (χ0n) is 11.8. The molecule has 1 heterocycles. The highest BCUT2D eigenvalue weighted by Gasteiger charge is 2.21. The van der Waals surface area contributed by atoms with Gasteiger partial charge in [0.15, 0.2) is 0 Å². The molecule has 0 spiro atoms. The maximum absolute atomic E-state index is 12.3. The number of carbonyl (C=O) groups excluding carboxylic acids is 1. The lowest BCUT2D eigenvalue weighted by atomic mass is 10.2. The molecule has 0 aliphatic heterocycles. The Balaban J connectivity index is 2.23. The first kappa shape index (κ1) is 15.9. The number of benzene rings is 1. The number of amides is 1. The molecular weight excluding hydrogens is 358 g/mol. The molecule has 1 amide bonds. The second kappa shape index (κ2) is 6.07. The smallest absolute Gasteiger partial charge is 0.249 e. The van der Waals surface area contributed by atoms with Crippen LogP contribution in [0.15, 0.2) is 22.7 Å². The standard InChI is InChI=1S/C14H15BrClN3O2/c1-7-13(15)8(2)19(18-7)9(3)14(21)17-11-6-10(16)4-5-12(11)20/h4-6,9,20H,1-3H3,(H,17,21). The number of rotatable bonds is 3. The fourth-order valence-corrected chi connectivity index (χ4v) is 2.41. The van der Waals surface area contributed by atoms with Crippen molar-refractivity contribution >= 4 is 39.1 Å². The second-order valence-corrected chi connectivity index (χ2v) is 5.99. The molecule has 0 aliphatic carbocycles. The van der Waals surface area contributed by atoms with Gasteiger partial charge < -0.3 is 10.4 Å². The van der Waals surface area contributed by atoms with Gasteiger partial charge >= 0.3 is 0 Å².